The average Bonchev–Trinajstić information content (AvgIpc) is 2.70. The highest BCUT2D eigenvalue weighted by Gasteiger charge is 2.25. The Morgan fingerprint density at radius 3 is 2.67 bits per heavy atom. The van der Waals surface area contributed by atoms with Gasteiger partial charge in [0.1, 0.15) is 0 Å². The minimum atomic E-state index is 0.703. The zero-order valence-corrected chi connectivity index (χ0v) is 9.91. The molecule has 15 heavy (non-hydrogen) atoms. The molecule has 2 N–H and O–H groups in total. The van der Waals surface area contributed by atoms with Crippen molar-refractivity contribution in [3.63, 3.8) is 0 Å². The van der Waals surface area contributed by atoms with Crippen molar-refractivity contribution in [2.75, 3.05) is 33.5 Å². The van der Waals surface area contributed by atoms with Gasteiger partial charge in [-0.05, 0) is 37.6 Å². The Hall–Kier alpha value is -0.120. The number of hydrogen-bond acceptors (Lipinski definition) is 3. The molecule has 0 spiro atoms. The molecule has 90 valence electrons. The van der Waals surface area contributed by atoms with Gasteiger partial charge in [-0.2, -0.15) is 0 Å². The molecule has 0 heterocycles. The zero-order valence-electron chi connectivity index (χ0n) is 9.91. The largest absolute Gasteiger partial charge is 0.382 e. The smallest absolute Gasteiger partial charge is 0.0700 e. The lowest BCUT2D eigenvalue weighted by atomic mass is 9.92. The first-order valence-electron chi connectivity index (χ1n) is 6.15. The van der Waals surface area contributed by atoms with Crippen LogP contribution in [-0.2, 0) is 9.47 Å². The molecule has 0 aromatic rings. The van der Waals surface area contributed by atoms with E-state index in [-0.39, 0.29) is 0 Å². The highest BCUT2D eigenvalue weighted by atomic mass is 16.5. The van der Waals surface area contributed by atoms with Crippen molar-refractivity contribution in [2.24, 2.45) is 17.6 Å². The first-order valence-corrected chi connectivity index (χ1v) is 6.15. The first kappa shape index (κ1) is 12.9. The van der Waals surface area contributed by atoms with Crippen LogP contribution >= 0.6 is 0 Å². The molecule has 0 amide bonds. The van der Waals surface area contributed by atoms with Gasteiger partial charge in [-0.3, -0.25) is 0 Å². The predicted molar refractivity (Wildman–Crippen MR) is 61.8 cm³/mol. The fourth-order valence-electron chi connectivity index (χ4n) is 2.50. The normalized spacial score (nSPS) is 26.0. The molecule has 2 atom stereocenters. The van der Waals surface area contributed by atoms with Gasteiger partial charge in [0, 0.05) is 13.7 Å². The van der Waals surface area contributed by atoms with Gasteiger partial charge in [-0.15, -0.1) is 0 Å². The summed E-state index contributed by atoms with van der Waals surface area (Å²) < 4.78 is 10.4. The van der Waals surface area contributed by atoms with E-state index in [1.165, 1.54) is 32.1 Å². The Labute approximate surface area is 93.3 Å². The molecule has 3 heteroatoms. The molecule has 2 unspecified atom stereocenters. The summed E-state index contributed by atoms with van der Waals surface area (Å²) in [5.41, 5.74) is 5.75. The molecular formula is C12H25NO2. The Balaban J connectivity index is 1.95. The van der Waals surface area contributed by atoms with Crippen LogP contribution in [0.15, 0.2) is 0 Å². The Morgan fingerprint density at radius 2 is 1.93 bits per heavy atom. The number of rotatable bonds is 8. The maximum atomic E-state index is 5.75. The molecule has 1 rings (SSSR count). The monoisotopic (exact) mass is 215 g/mol. The van der Waals surface area contributed by atoms with Crippen LogP contribution in [-0.4, -0.2) is 33.5 Å². The minimum absolute atomic E-state index is 0.703. The summed E-state index contributed by atoms with van der Waals surface area (Å²) in [6, 6.07) is 0. The van der Waals surface area contributed by atoms with E-state index in [0.29, 0.717) is 6.61 Å². The van der Waals surface area contributed by atoms with Crippen LogP contribution in [0, 0.1) is 11.8 Å². The summed E-state index contributed by atoms with van der Waals surface area (Å²) >= 11 is 0. The molecule has 0 saturated heterocycles. The second kappa shape index (κ2) is 8.08. The van der Waals surface area contributed by atoms with E-state index in [1.54, 1.807) is 7.11 Å². The highest BCUT2D eigenvalue weighted by Crippen LogP contribution is 2.33. The molecule has 0 bridgehead atoms. The fourth-order valence-corrected chi connectivity index (χ4v) is 2.50. The Kier molecular flexibility index (Phi) is 6.98. The summed E-state index contributed by atoms with van der Waals surface area (Å²) in [4.78, 5) is 0. The van der Waals surface area contributed by atoms with Crippen molar-refractivity contribution in [2.45, 2.75) is 32.1 Å². The summed E-state index contributed by atoms with van der Waals surface area (Å²) in [6.07, 6.45) is 6.54. The van der Waals surface area contributed by atoms with Gasteiger partial charge in [0.25, 0.3) is 0 Å². The summed E-state index contributed by atoms with van der Waals surface area (Å²) in [5.74, 6) is 1.64. The lowest BCUT2D eigenvalue weighted by Gasteiger charge is -2.17. The van der Waals surface area contributed by atoms with E-state index in [1.807, 2.05) is 0 Å². The molecular weight excluding hydrogens is 190 g/mol. The van der Waals surface area contributed by atoms with Crippen molar-refractivity contribution in [1.82, 2.24) is 0 Å². The van der Waals surface area contributed by atoms with Crippen LogP contribution in [0.25, 0.3) is 0 Å². The second-order valence-corrected chi connectivity index (χ2v) is 4.43. The number of hydrogen-bond donors (Lipinski definition) is 1. The Bertz CT molecular complexity index is 153. The van der Waals surface area contributed by atoms with Crippen LogP contribution in [0.2, 0.25) is 0 Å². The molecule has 1 aliphatic rings. The number of ether oxygens (including phenoxy) is 2. The second-order valence-electron chi connectivity index (χ2n) is 4.43. The average molecular weight is 215 g/mol. The minimum Gasteiger partial charge on any atom is -0.382 e. The topological polar surface area (TPSA) is 44.5 Å². The molecule has 1 saturated carbocycles. The van der Waals surface area contributed by atoms with Crippen molar-refractivity contribution in [3.8, 4) is 0 Å². The fraction of sp³-hybridized carbons (Fsp3) is 1.00. The summed E-state index contributed by atoms with van der Waals surface area (Å²) in [7, 11) is 1.70. The molecule has 1 fully saturated rings. The third-order valence-electron chi connectivity index (χ3n) is 3.41. The van der Waals surface area contributed by atoms with Crippen molar-refractivity contribution in [3.05, 3.63) is 0 Å². The van der Waals surface area contributed by atoms with Gasteiger partial charge in [0.2, 0.25) is 0 Å². The maximum Gasteiger partial charge on any atom is 0.0700 e. The van der Waals surface area contributed by atoms with Gasteiger partial charge < -0.3 is 15.2 Å². The van der Waals surface area contributed by atoms with Crippen LogP contribution in [0.3, 0.4) is 0 Å². The quantitative estimate of drug-likeness (QED) is 0.628. The molecule has 3 nitrogen and oxygen atoms in total. The van der Waals surface area contributed by atoms with Gasteiger partial charge in [0.15, 0.2) is 0 Å². The van der Waals surface area contributed by atoms with E-state index in [2.05, 4.69) is 0 Å². The van der Waals surface area contributed by atoms with Crippen molar-refractivity contribution in [1.29, 1.82) is 0 Å². The third-order valence-corrected chi connectivity index (χ3v) is 3.41. The number of methoxy groups -OCH3 is 1. The van der Waals surface area contributed by atoms with Crippen molar-refractivity contribution >= 4 is 0 Å². The van der Waals surface area contributed by atoms with Crippen LogP contribution in [0.5, 0.6) is 0 Å². The van der Waals surface area contributed by atoms with Gasteiger partial charge >= 0.3 is 0 Å². The van der Waals surface area contributed by atoms with Crippen LogP contribution < -0.4 is 5.73 Å². The standard InChI is InChI=1S/C12H25NO2/c1-14-8-9-15-7-3-6-11-4-2-5-12(11)10-13/h11-12H,2-10,13H2,1H3. The summed E-state index contributed by atoms with van der Waals surface area (Å²) in [6.45, 7) is 3.17. The molecule has 0 radical (unpaired) electrons. The lowest BCUT2D eigenvalue weighted by Crippen LogP contribution is -2.18. The highest BCUT2D eigenvalue weighted by molar-refractivity contribution is 4.77. The van der Waals surface area contributed by atoms with E-state index in [4.69, 9.17) is 15.2 Å². The van der Waals surface area contributed by atoms with E-state index in [9.17, 15) is 0 Å². The summed E-state index contributed by atoms with van der Waals surface area (Å²) in [5, 5.41) is 0. The van der Waals surface area contributed by atoms with E-state index >= 15 is 0 Å². The lowest BCUT2D eigenvalue weighted by molar-refractivity contribution is 0.0665. The third kappa shape index (κ3) is 4.96. The van der Waals surface area contributed by atoms with E-state index < -0.39 is 0 Å². The zero-order chi connectivity index (χ0) is 10.9. The van der Waals surface area contributed by atoms with Gasteiger partial charge in [0.05, 0.1) is 13.2 Å². The SMILES string of the molecule is COCCOCCCC1CCCC1CN. The first-order chi connectivity index (χ1) is 7.38. The molecule has 1 aliphatic carbocycles. The molecule has 0 aromatic heterocycles. The predicted octanol–water partition coefficient (Wildman–Crippen LogP) is 1.80. The maximum absolute atomic E-state index is 5.75. The van der Waals surface area contributed by atoms with E-state index in [0.717, 1.165) is 31.6 Å². The molecule has 0 aliphatic heterocycles. The van der Waals surface area contributed by atoms with Gasteiger partial charge in [-0.25, -0.2) is 0 Å². The number of nitrogens with two attached hydrogens (primary N) is 1. The van der Waals surface area contributed by atoms with Crippen LogP contribution in [0.1, 0.15) is 32.1 Å². The van der Waals surface area contributed by atoms with Crippen LogP contribution in [0.4, 0.5) is 0 Å². The molecule has 0 aromatic carbocycles. The van der Waals surface area contributed by atoms with Gasteiger partial charge in [-0.1, -0.05) is 12.8 Å². The Morgan fingerprint density at radius 1 is 1.13 bits per heavy atom. The van der Waals surface area contributed by atoms with Crippen molar-refractivity contribution < 1.29 is 9.47 Å².